The number of rotatable bonds is 5. The van der Waals surface area contributed by atoms with E-state index in [-0.39, 0.29) is 6.03 Å². The average molecular weight is 404 g/mol. The van der Waals surface area contributed by atoms with Gasteiger partial charge in [0.25, 0.3) is 0 Å². The number of nitrogens with zero attached hydrogens (tertiary/aromatic N) is 2. The summed E-state index contributed by atoms with van der Waals surface area (Å²) in [6, 6.07) is 17.0. The summed E-state index contributed by atoms with van der Waals surface area (Å²) in [6.45, 7) is 4.05. The molecule has 29 heavy (non-hydrogen) atoms. The van der Waals surface area contributed by atoms with Gasteiger partial charge in [0.2, 0.25) is 11.7 Å². The van der Waals surface area contributed by atoms with Crippen LogP contribution in [0.25, 0.3) is 10.7 Å². The Morgan fingerprint density at radius 1 is 1.03 bits per heavy atom. The summed E-state index contributed by atoms with van der Waals surface area (Å²) in [5, 5.41) is 11.8. The van der Waals surface area contributed by atoms with Gasteiger partial charge in [0.05, 0.1) is 11.3 Å². The van der Waals surface area contributed by atoms with E-state index >= 15 is 0 Å². The van der Waals surface area contributed by atoms with Crippen LogP contribution in [0.5, 0.6) is 0 Å². The third kappa shape index (κ3) is 4.52. The van der Waals surface area contributed by atoms with Gasteiger partial charge in [-0.05, 0) is 60.2 Å². The Morgan fingerprint density at radius 3 is 2.69 bits per heavy atom. The number of hydrogen-bond acceptors (Lipinski definition) is 5. The van der Waals surface area contributed by atoms with Crippen LogP contribution in [0.1, 0.15) is 22.6 Å². The minimum Gasteiger partial charge on any atom is -0.339 e. The number of amides is 2. The van der Waals surface area contributed by atoms with E-state index in [0.717, 1.165) is 21.7 Å². The van der Waals surface area contributed by atoms with Crippen LogP contribution in [0.15, 0.2) is 64.5 Å². The molecule has 0 aliphatic rings. The number of anilines is 2. The molecule has 0 saturated carbocycles. The highest BCUT2D eigenvalue weighted by atomic mass is 32.1. The summed E-state index contributed by atoms with van der Waals surface area (Å²) in [6.07, 6.45) is 0.429. The molecule has 0 fully saturated rings. The largest absolute Gasteiger partial charge is 0.339 e. The van der Waals surface area contributed by atoms with E-state index in [0.29, 0.717) is 23.8 Å². The van der Waals surface area contributed by atoms with Crippen LogP contribution in [-0.4, -0.2) is 16.2 Å². The lowest BCUT2D eigenvalue weighted by atomic mass is 10.1. The molecule has 0 radical (unpaired) electrons. The standard InChI is InChI=1S/C22H20N4O2S/c1-14-9-10-17(12-15(14)2)23-22(27)24-18-7-4-3-6-16(18)13-20-25-21(26-28-20)19-8-5-11-29-19/h3-12H,13H2,1-2H3,(H2,23,24,27). The lowest BCUT2D eigenvalue weighted by molar-refractivity contribution is 0.262. The first-order chi connectivity index (χ1) is 14.1. The van der Waals surface area contributed by atoms with Crippen molar-refractivity contribution in [2.45, 2.75) is 20.3 Å². The normalized spacial score (nSPS) is 10.7. The number of para-hydroxylation sites is 1. The van der Waals surface area contributed by atoms with Crippen molar-refractivity contribution in [1.29, 1.82) is 0 Å². The van der Waals surface area contributed by atoms with Gasteiger partial charge < -0.3 is 15.2 Å². The van der Waals surface area contributed by atoms with Gasteiger partial charge in [-0.1, -0.05) is 35.5 Å². The van der Waals surface area contributed by atoms with E-state index in [1.807, 2.05) is 73.8 Å². The van der Waals surface area contributed by atoms with E-state index in [9.17, 15) is 4.79 Å². The van der Waals surface area contributed by atoms with Crippen molar-refractivity contribution >= 4 is 28.7 Å². The molecular weight excluding hydrogens is 384 g/mol. The number of carbonyl (C=O) groups excluding carboxylic acids is 1. The molecular formula is C22H20N4O2S. The van der Waals surface area contributed by atoms with Crippen LogP contribution in [0.2, 0.25) is 0 Å². The molecule has 146 valence electrons. The van der Waals surface area contributed by atoms with Crippen molar-refractivity contribution in [3.05, 3.63) is 82.6 Å². The van der Waals surface area contributed by atoms with Crippen LogP contribution >= 0.6 is 11.3 Å². The van der Waals surface area contributed by atoms with Gasteiger partial charge in [0.15, 0.2) is 0 Å². The molecule has 0 saturated heterocycles. The fourth-order valence-corrected chi connectivity index (χ4v) is 3.54. The Bertz CT molecular complexity index is 1140. The number of benzene rings is 2. The molecule has 2 amide bonds. The second-order valence-corrected chi connectivity index (χ2v) is 7.65. The second kappa shape index (κ2) is 8.28. The zero-order valence-corrected chi connectivity index (χ0v) is 16.9. The second-order valence-electron chi connectivity index (χ2n) is 6.70. The minimum absolute atomic E-state index is 0.300. The van der Waals surface area contributed by atoms with Gasteiger partial charge in [-0.3, -0.25) is 0 Å². The molecule has 0 bridgehead atoms. The van der Waals surface area contributed by atoms with Crippen LogP contribution in [0.3, 0.4) is 0 Å². The number of aryl methyl sites for hydroxylation is 2. The number of nitrogens with one attached hydrogen (secondary N) is 2. The summed E-state index contributed by atoms with van der Waals surface area (Å²) in [4.78, 5) is 17.9. The molecule has 4 rings (SSSR count). The Labute approximate surface area is 172 Å². The first-order valence-electron chi connectivity index (χ1n) is 9.18. The maximum absolute atomic E-state index is 12.5. The van der Waals surface area contributed by atoms with Crippen molar-refractivity contribution < 1.29 is 9.32 Å². The van der Waals surface area contributed by atoms with E-state index in [1.54, 1.807) is 11.3 Å². The van der Waals surface area contributed by atoms with E-state index < -0.39 is 0 Å². The maximum Gasteiger partial charge on any atom is 0.323 e. The van der Waals surface area contributed by atoms with E-state index in [1.165, 1.54) is 5.56 Å². The van der Waals surface area contributed by atoms with Gasteiger partial charge in [0, 0.05) is 11.4 Å². The first-order valence-corrected chi connectivity index (χ1v) is 10.1. The first kappa shape index (κ1) is 18.9. The average Bonchev–Trinajstić information content (AvgIpc) is 3.38. The van der Waals surface area contributed by atoms with Crippen molar-refractivity contribution in [2.75, 3.05) is 10.6 Å². The number of hydrogen-bond donors (Lipinski definition) is 2. The van der Waals surface area contributed by atoms with Gasteiger partial charge in [-0.15, -0.1) is 11.3 Å². The van der Waals surface area contributed by atoms with Crippen LogP contribution in [-0.2, 0) is 6.42 Å². The maximum atomic E-state index is 12.5. The lowest BCUT2D eigenvalue weighted by Gasteiger charge is -2.12. The molecule has 2 aromatic heterocycles. The fourth-order valence-electron chi connectivity index (χ4n) is 2.90. The highest BCUT2D eigenvalue weighted by molar-refractivity contribution is 7.13. The van der Waals surface area contributed by atoms with Crippen molar-refractivity contribution in [3.63, 3.8) is 0 Å². The zero-order chi connectivity index (χ0) is 20.2. The predicted molar refractivity (Wildman–Crippen MR) is 115 cm³/mol. The molecule has 0 spiro atoms. The van der Waals surface area contributed by atoms with Crippen LogP contribution in [0, 0.1) is 13.8 Å². The summed E-state index contributed by atoms with van der Waals surface area (Å²) in [7, 11) is 0. The van der Waals surface area contributed by atoms with Gasteiger partial charge in [-0.25, -0.2) is 4.79 Å². The Hall–Kier alpha value is -3.45. The number of urea groups is 1. The monoisotopic (exact) mass is 404 g/mol. The highest BCUT2D eigenvalue weighted by Gasteiger charge is 2.13. The van der Waals surface area contributed by atoms with Gasteiger partial charge in [-0.2, -0.15) is 4.98 Å². The summed E-state index contributed by atoms with van der Waals surface area (Å²) in [5.74, 6) is 1.07. The Balaban J connectivity index is 1.46. The minimum atomic E-state index is -0.300. The molecule has 2 N–H and O–H groups in total. The summed E-state index contributed by atoms with van der Waals surface area (Å²) < 4.78 is 5.39. The predicted octanol–water partition coefficient (Wildman–Crippen LogP) is 5.65. The molecule has 0 unspecified atom stereocenters. The van der Waals surface area contributed by atoms with Gasteiger partial charge in [0.1, 0.15) is 0 Å². The summed E-state index contributed by atoms with van der Waals surface area (Å²) in [5.41, 5.74) is 4.65. The Morgan fingerprint density at radius 2 is 1.90 bits per heavy atom. The van der Waals surface area contributed by atoms with Crippen LogP contribution in [0.4, 0.5) is 16.2 Å². The van der Waals surface area contributed by atoms with Crippen molar-refractivity contribution in [1.82, 2.24) is 10.1 Å². The molecule has 6 nitrogen and oxygen atoms in total. The zero-order valence-electron chi connectivity index (χ0n) is 16.1. The third-order valence-electron chi connectivity index (χ3n) is 4.58. The highest BCUT2D eigenvalue weighted by Crippen LogP contribution is 2.24. The summed E-state index contributed by atoms with van der Waals surface area (Å²) >= 11 is 1.56. The number of thiophene rings is 1. The van der Waals surface area contributed by atoms with Gasteiger partial charge >= 0.3 is 6.03 Å². The molecule has 0 atom stereocenters. The van der Waals surface area contributed by atoms with E-state index in [2.05, 4.69) is 20.8 Å². The molecule has 7 heteroatoms. The SMILES string of the molecule is Cc1ccc(NC(=O)Nc2ccccc2Cc2nc(-c3cccs3)no2)cc1C. The van der Waals surface area contributed by atoms with Crippen molar-refractivity contribution in [2.24, 2.45) is 0 Å². The number of aromatic nitrogens is 2. The topological polar surface area (TPSA) is 80.0 Å². The van der Waals surface area contributed by atoms with Crippen molar-refractivity contribution in [3.8, 4) is 10.7 Å². The third-order valence-corrected chi connectivity index (χ3v) is 5.45. The quantitative estimate of drug-likeness (QED) is 0.450. The molecule has 2 aromatic carbocycles. The molecule has 2 heterocycles. The lowest BCUT2D eigenvalue weighted by Crippen LogP contribution is -2.20. The fraction of sp³-hybridized carbons (Fsp3) is 0.136. The van der Waals surface area contributed by atoms with E-state index in [4.69, 9.17) is 4.52 Å². The molecule has 0 aliphatic heterocycles. The van der Waals surface area contributed by atoms with Crippen LogP contribution < -0.4 is 10.6 Å². The molecule has 4 aromatic rings. The Kier molecular flexibility index (Phi) is 5.39. The number of carbonyl (C=O) groups is 1. The smallest absolute Gasteiger partial charge is 0.323 e. The molecule has 0 aliphatic carbocycles.